The van der Waals surface area contributed by atoms with E-state index in [2.05, 4.69) is 20.3 Å². The Morgan fingerprint density at radius 2 is 2.05 bits per heavy atom. The average Bonchev–Trinajstić information content (AvgIpc) is 2.38. The van der Waals surface area contributed by atoms with Crippen molar-refractivity contribution >= 4 is 29.2 Å². The maximum atomic E-state index is 13.5. The van der Waals surface area contributed by atoms with Crippen LogP contribution in [0, 0.1) is 17.1 Å². The van der Waals surface area contributed by atoms with Crippen LogP contribution < -0.4 is 10.2 Å². The van der Waals surface area contributed by atoms with Gasteiger partial charge in [0.15, 0.2) is 0 Å². The first-order valence-corrected chi connectivity index (χ1v) is 5.93. The van der Waals surface area contributed by atoms with E-state index >= 15 is 0 Å². The summed E-state index contributed by atoms with van der Waals surface area (Å²) in [6.45, 7) is 0. The van der Waals surface area contributed by atoms with Gasteiger partial charge in [-0.3, -0.25) is 0 Å². The molecule has 0 saturated carbocycles. The zero-order chi connectivity index (χ0) is 14.7. The first kappa shape index (κ1) is 14.0. The van der Waals surface area contributed by atoms with Gasteiger partial charge in [0.2, 0.25) is 17.2 Å². The highest BCUT2D eigenvalue weighted by Gasteiger charge is 2.11. The third kappa shape index (κ3) is 2.92. The summed E-state index contributed by atoms with van der Waals surface area (Å²) in [6, 6.07) is 6.02. The topological polar surface area (TPSA) is 77.7 Å². The van der Waals surface area contributed by atoms with Crippen LogP contribution >= 0.6 is 11.6 Å². The number of rotatable bonds is 3. The second kappa shape index (κ2) is 5.67. The maximum Gasteiger partial charge on any atom is 0.233 e. The van der Waals surface area contributed by atoms with Crippen molar-refractivity contribution in [3.63, 3.8) is 0 Å². The lowest BCUT2D eigenvalue weighted by Crippen LogP contribution is -2.14. The number of nitrogens with one attached hydrogen (secondary N) is 1. The van der Waals surface area contributed by atoms with E-state index in [1.165, 1.54) is 12.1 Å². The number of aromatic nitrogens is 3. The summed E-state index contributed by atoms with van der Waals surface area (Å²) in [5, 5.41) is 11.7. The third-order valence-electron chi connectivity index (χ3n) is 2.37. The summed E-state index contributed by atoms with van der Waals surface area (Å²) in [4.78, 5) is 13.6. The largest absolute Gasteiger partial charge is 0.347 e. The highest BCUT2D eigenvalue weighted by molar-refractivity contribution is 6.28. The summed E-state index contributed by atoms with van der Waals surface area (Å²) >= 11 is 5.80. The van der Waals surface area contributed by atoms with Gasteiger partial charge in [0.05, 0.1) is 5.69 Å². The van der Waals surface area contributed by atoms with Crippen LogP contribution in [0.15, 0.2) is 18.2 Å². The first-order valence-electron chi connectivity index (χ1n) is 5.56. The normalized spacial score (nSPS) is 9.95. The van der Waals surface area contributed by atoms with Gasteiger partial charge < -0.3 is 10.2 Å². The molecule has 0 saturated heterocycles. The lowest BCUT2D eigenvalue weighted by atomic mass is 10.2. The zero-order valence-corrected chi connectivity index (χ0v) is 11.5. The molecular weight excluding hydrogens is 283 g/mol. The fourth-order valence-corrected chi connectivity index (χ4v) is 1.61. The molecule has 20 heavy (non-hydrogen) atoms. The molecule has 8 heteroatoms. The Bertz CT molecular complexity index is 682. The van der Waals surface area contributed by atoms with Gasteiger partial charge in [-0.25, -0.2) is 4.39 Å². The van der Waals surface area contributed by atoms with Gasteiger partial charge in [-0.05, 0) is 23.7 Å². The lowest BCUT2D eigenvalue weighted by molar-refractivity contribution is 0.624. The summed E-state index contributed by atoms with van der Waals surface area (Å²) < 4.78 is 13.5. The Hall–Kier alpha value is -2.46. The predicted octanol–water partition coefficient (Wildman–Crippen LogP) is 2.35. The molecule has 102 valence electrons. The molecule has 0 atom stereocenters. The minimum Gasteiger partial charge on any atom is -0.347 e. The van der Waals surface area contributed by atoms with Gasteiger partial charge in [0.1, 0.15) is 17.4 Å². The van der Waals surface area contributed by atoms with Crippen molar-refractivity contribution < 1.29 is 4.39 Å². The summed E-state index contributed by atoms with van der Waals surface area (Å²) in [5.74, 6) is -0.135. The number of halogens is 2. The van der Waals surface area contributed by atoms with Gasteiger partial charge >= 0.3 is 0 Å². The van der Waals surface area contributed by atoms with E-state index in [1.807, 2.05) is 0 Å². The molecule has 0 aliphatic heterocycles. The van der Waals surface area contributed by atoms with Gasteiger partial charge in [0.25, 0.3) is 0 Å². The molecule has 0 unspecified atom stereocenters. The van der Waals surface area contributed by atoms with Crippen LogP contribution in [-0.2, 0) is 0 Å². The zero-order valence-electron chi connectivity index (χ0n) is 10.7. The van der Waals surface area contributed by atoms with Crippen LogP contribution in [0.1, 0.15) is 5.56 Å². The minimum absolute atomic E-state index is 0.00103. The van der Waals surface area contributed by atoms with Crippen molar-refractivity contribution in [2.45, 2.75) is 0 Å². The standard InChI is InChI=1S/C12H10ClFN6/c1-20(2)12-18-10(13)17-11(19-12)16-9-5-3-4-8(14)7(9)6-15/h3-5H,1-2H3,(H,16,17,18,19). The van der Waals surface area contributed by atoms with Crippen LogP contribution in [0.25, 0.3) is 0 Å². The summed E-state index contributed by atoms with van der Waals surface area (Å²) in [6.07, 6.45) is 0. The molecule has 0 amide bonds. The minimum atomic E-state index is -0.620. The molecule has 2 aromatic rings. The Morgan fingerprint density at radius 1 is 1.30 bits per heavy atom. The van der Waals surface area contributed by atoms with Crippen molar-refractivity contribution in [2.75, 3.05) is 24.3 Å². The van der Waals surface area contributed by atoms with Crippen LogP contribution in [0.4, 0.5) is 22.0 Å². The second-order valence-corrected chi connectivity index (χ2v) is 4.36. The second-order valence-electron chi connectivity index (χ2n) is 4.02. The molecular formula is C12H10ClFN6. The molecule has 0 fully saturated rings. The molecule has 0 aliphatic carbocycles. The van der Waals surface area contributed by atoms with Crippen LogP contribution in [0.2, 0.25) is 5.28 Å². The van der Waals surface area contributed by atoms with E-state index in [0.29, 0.717) is 5.95 Å². The Kier molecular flexibility index (Phi) is 3.96. The fraction of sp³-hybridized carbons (Fsp3) is 0.167. The lowest BCUT2D eigenvalue weighted by Gasteiger charge is -2.12. The number of nitriles is 1. The van der Waals surface area contributed by atoms with Crippen LogP contribution in [-0.4, -0.2) is 29.0 Å². The van der Waals surface area contributed by atoms with Gasteiger partial charge in [-0.15, -0.1) is 0 Å². The Balaban J connectivity index is 2.41. The molecule has 1 aromatic heterocycles. The van der Waals surface area contributed by atoms with Gasteiger partial charge in [0, 0.05) is 14.1 Å². The number of hydrogen-bond acceptors (Lipinski definition) is 6. The van der Waals surface area contributed by atoms with Crippen molar-refractivity contribution in [1.82, 2.24) is 15.0 Å². The van der Waals surface area contributed by atoms with Crippen LogP contribution in [0.3, 0.4) is 0 Å². The molecule has 1 heterocycles. The molecule has 1 aromatic carbocycles. The van der Waals surface area contributed by atoms with Crippen LogP contribution in [0.5, 0.6) is 0 Å². The van der Waals surface area contributed by atoms with Crippen molar-refractivity contribution in [3.8, 4) is 6.07 Å². The quantitative estimate of drug-likeness (QED) is 0.935. The molecule has 2 rings (SSSR count). The van der Waals surface area contributed by atoms with E-state index in [0.717, 1.165) is 0 Å². The molecule has 0 radical (unpaired) electrons. The number of nitrogens with zero attached hydrogens (tertiary/aromatic N) is 5. The monoisotopic (exact) mass is 292 g/mol. The van der Waals surface area contributed by atoms with Gasteiger partial charge in [-0.2, -0.15) is 20.2 Å². The SMILES string of the molecule is CN(C)c1nc(Cl)nc(Nc2cccc(F)c2C#N)n1. The Morgan fingerprint density at radius 3 is 2.70 bits per heavy atom. The number of benzene rings is 1. The summed E-state index contributed by atoms with van der Waals surface area (Å²) in [7, 11) is 3.50. The summed E-state index contributed by atoms with van der Waals surface area (Å²) in [5.41, 5.74) is 0.148. The molecule has 0 bridgehead atoms. The third-order valence-corrected chi connectivity index (χ3v) is 2.54. The van der Waals surface area contributed by atoms with Crippen molar-refractivity contribution in [1.29, 1.82) is 5.26 Å². The first-order chi connectivity index (χ1) is 9.51. The highest BCUT2D eigenvalue weighted by Crippen LogP contribution is 2.22. The molecule has 1 N–H and O–H groups in total. The van der Waals surface area contributed by atoms with Crippen molar-refractivity contribution in [3.05, 3.63) is 34.9 Å². The number of anilines is 3. The molecule has 0 aliphatic rings. The Labute approximate surface area is 119 Å². The van der Waals surface area contributed by atoms with Crippen molar-refractivity contribution in [2.24, 2.45) is 0 Å². The van der Waals surface area contributed by atoms with E-state index < -0.39 is 5.82 Å². The average molecular weight is 293 g/mol. The van der Waals surface area contributed by atoms with E-state index in [-0.39, 0.29) is 22.5 Å². The van der Waals surface area contributed by atoms with E-state index in [1.54, 1.807) is 31.1 Å². The molecule has 6 nitrogen and oxygen atoms in total. The number of hydrogen-bond donors (Lipinski definition) is 1. The maximum absolute atomic E-state index is 13.5. The fourth-order valence-electron chi connectivity index (χ4n) is 1.46. The smallest absolute Gasteiger partial charge is 0.233 e. The van der Waals surface area contributed by atoms with E-state index in [9.17, 15) is 4.39 Å². The van der Waals surface area contributed by atoms with E-state index in [4.69, 9.17) is 16.9 Å². The predicted molar refractivity (Wildman–Crippen MR) is 73.6 cm³/mol. The van der Waals surface area contributed by atoms with Gasteiger partial charge in [-0.1, -0.05) is 6.07 Å². The highest BCUT2D eigenvalue weighted by atomic mass is 35.5. The molecule has 0 spiro atoms.